The summed E-state index contributed by atoms with van der Waals surface area (Å²) in [6.07, 6.45) is 6.63. The maximum atomic E-state index is 10.9. The second-order valence-corrected chi connectivity index (χ2v) is 13.0. The van der Waals surface area contributed by atoms with Crippen molar-refractivity contribution in [3.63, 3.8) is 0 Å². The first kappa shape index (κ1) is 21.8. The summed E-state index contributed by atoms with van der Waals surface area (Å²) in [4.78, 5) is 21.0. The third-order valence-electron chi connectivity index (χ3n) is 4.24. The summed E-state index contributed by atoms with van der Waals surface area (Å²) in [5, 5.41) is 21.8. The molecule has 2 aromatic carbocycles. The van der Waals surface area contributed by atoms with E-state index in [1.54, 1.807) is 24.3 Å². The lowest BCUT2D eigenvalue weighted by atomic mass is 10.2. The van der Waals surface area contributed by atoms with Crippen LogP contribution < -0.4 is 0 Å². The van der Waals surface area contributed by atoms with Gasteiger partial charge in [-0.25, -0.2) is 17.5 Å². The number of nitrogens with zero attached hydrogens (tertiary/aromatic N) is 6. The number of nitro benzene ring substituents is 2. The number of non-ortho nitro benzene ring substituents is 2. The van der Waals surface area contributed by atoms with Gasteiger partial charge in [-0.3, -0.25) is 20.2 Å². The molecule has 160 valence electrons. The van der Waals surface area contributed by atoms with E-state index in [0.717, 1.165) is 11.1 Å². The highest BCUT2D eigenvalue weighted by Gasteiger charge is 2.19. The van der Waals surface area contributed by atoms with Crippen molar-refractivity contribution in [1.82, 2.24) is 0 Å². The molecule has 0 saturated carbocycles. The first-order valence-electron chi connectivity index (χ1n) is 8.79. The van der Waals surface area contributed by atoms with Crippen molar-refractivity contribution in [3.05, 3.63) is 79.9 Å². The normalized spacial score (nSPS) is 22.1. The van der Waals surface area contributed by atoms with Crippen LogP contribution in [0.15, 0.2) is 66.0 Å². The summed E-state index contributed by atoms with van der Waals surface area (Å²) in [5.41, 5.74) is 1.52. The number of nitro groups is 2. The lowest BCUT2D eigenvalue weighted by Gasteiger charge is -2.21. The Kier molecular flexibility index (Phi) is 5.90. The average molecular weight is 451 g/mol. The molecule has 0 saturated heterocycles. The highest BCUT2D eigenvalue weighted by atomic mass is 32.2. The second kappa shape index (κ2) is 8.11. The Balaban J connectivity index is 2.09. The predicted octanol–water partition coefficient (Wildman–Crippen LogP) is 4.78. The van der Waals surface area contributed by atoms with Crippen LogP contribution in [0.4, 0.5) is 11.4 Å². The van der Waals surface area contributed by atoms with Gasteiger partial charge in [0.05, 0.1) is 9.85 Å². The summed E-state index contributed by atoms with van der Waals surface area (Å²) >= 11 is 0. The number of rotatable bonds is 4. The fourth-order valence-electron chi connectivity index (χ4n) is 2.85. The Morgan fingerprint density at radius 2 is 0.900 bits per heavy atom. The van der Waals surface area contributed by atoms with Crippen LogP contribution in [0, 0.1) is 20.2 Å². The zero-order valence-electron chi connectivity index (χ0n) is 16.9. The van der Waals surface area contributed by atoms with Gasteiger partial charge in [0, 0.05) is 49.3 Å². The second-order valence-electron chi connectivity index (χ2n) is 7.31. The van der Waals surface area contributed by atoms with Crippen molar-refractivity contribution in [1.29, 1.82) is 0 Å². The van der Waals surface area contributed by atoms with Crippen LogP contribution in [0.25, 0.3) is 0 Å². The highest BCUT2D eigenvalue weighted by molar-refractivity contribution is 7.95. The molecule has 0 aliphatic carbocycles. The van der Waals surface area contributed by atoms with E-state index in [1.807, 2.05) is 25.0 Å². The first-order chi connectivity index (χ1) is 14.0. The Labute approximate surface area is 175 Å². The standard InChI is InChI=1S/C18H22N6O4S2/c1-29(2)19-17(13-5-9-15(10-6-13)23(25)26)21-30(3,4)22-18(20-29)14-7-11-16(12-8-14)24(27)28/h5-12,17-18H,1-4H3. The van der Waals surface area contributed by atoms with Gasteiger partial charge in [-0.1, -0.05) is 19.2 Å². The van der Waals surface area contributed by atoms with Gasteiger partial charge >= 0.3 is 0 Å². The van der Waals surface area contributed by atoms with Crippen LogP contribution in [0.5, 0.6) is 0 Å². The van der Waals surface area contributed by atoms with Crippen LogP contribution in [-0.2, 0) is 19.2 Å². The minimum Gasteiger partial charge on any atom is -0.258 e. The average Bonchev–Trinajstić information content (AvgIpc) is 2.65. The molecular weight excluding hydrogens is 428 g/mol. The molecule has 1 aliphatic heterocycles. The maximum Gasteiger partial charge on any atom is 0.269 e. The zero-order valence-corrected chi connectivity index (χ0v) is 18.5. The van der Waals surface area contributed by atoms with Crippen LogP contribution in [0.1, 0.15) is 23.5 Å². The topological polar surface area (TPSA) is 136 Å². The van der Waals surface area contributed by atoms with Crippen molar-refractivity contribution in [3.8, 4) is 0 Å². The SMILES string of the molecule is CS1(C)=NC(c2ccc([N+](=O)[O-])cc2)N=S(C)(C)=NC(c2ccc([N+](=O)[O-])cc2)N=1. The molecule has 1 aliphatic rings. The van der Waals surface area contributed by atoms with Gasteiger partial charge in [-0.15, -0.1) is 0 Å². The van der Waals surface area contributed by atoms with E-state index < -0.39 is 41.4 Å². The zero-order chi connectivity index (χ0) is 22.1. The molecule has 3 rings (SSSR count). The monoisotopic (exact) mass is 450 g/mol. The van der Waals surface area contributed by atoms with E-state index >= 15 is 0 Å². The lowest BCUT2D eigenvalue weighted by Crippen LogP contribution is -2.09. The fraction of sp³-hybridized carbons (Fsp3) is 0.333. The third kappa shape index (κ3) is 5.19. The largest absolute Gasteiger partial charge is 0.269 e. The van der Waals surface area contributed by atoms with Crippen LogP contribution in [0.3, 0.4) is 0 Å². The summed E-state index contributed by atoms with van der Waals surface area (Å²) < 4.78 is 19.5. The predicted molar refractivity (Wildman–Crippen MR) is 120 cm³/mol. The molecule has 0 aromatic heterocycles. The molecule has 1 heterocycles. The summed E-state index contributed by atoms with van der Waals surface area (Å²) in [6, 6.07) is 12.4. The van der Waals surface area contributed by atoms with Crippen LogP contribution in [0.2, 0.25) is 0 Å². The maximum absolute atomic E-state index is 10.9. The summed E-state index contributed by atoms with van der Waals surface area (Å²) in [6.45, 7) is 0. The van der Waals surface area contributed by atoms with Gasteiger partial charge in [0.15, 0.2) is 12.3 Å². The Bertz CT molecular complexity index is 1110. The molecule has 0 bridgehead atoms. The molecule has 0 N–H and O–H groups in total. The van der Waals surface area contributed by atoms with Crippen molar-refractivity contribution < 1.29 is 9.85 Å². The van der Waals surface area contributed by atoms with E-state index in [9.17, 15) is 20.2 Å². The molecule has 0 amide bonds. The molecule has 0 radical (unpaired) electrons. The Hall–Kier alpha value is -2.86. The van der Waals surface area contributed by atoms with Gasteiger partial charge in [0.25, 0.3) is 11.4 Å². The van der Waals surface area contributed by atoms with E-state index in [4.69, 9.17) is 17.5 Å². The van der Waals surface area contributed by atoms with E-state index in [0.29, 0.717) is 0 Å². The van der Waals surface area contributed by atoms with Crippen LogP contribution in [-0.4, -0.2) is 34.9 Å². The molecule has 30 heavy (non-hydrogen) atoms. The van der Waals surface area contributed by atoms with Crippen LogP contribution >= 0.6 is 0 Å². The van der Waals surface area contributed by atoms with Crippen molar-refractivity contribution in [2.75, 3.05) is 25.0 Å². The number of hydrogen-bond donors (Lipinski definition) is 0. The van der Waals surface area contributed by atoms with Crippen molar-refractivity contribution >= 4 is 30.6 Å². The van der Waals surface area contributed by atoms with Crippen molar-refractivity contribution in [2.24, 2.45) is 17.5 Å². The fourth-order valence-corrected chi connectivity index (χ4v) is 5.71. The van der Waals surface area contributed by atoms with E-state index in [1.165, 1.54) is 24.3 Å². The lowest BCUT2D eigenvalue weighted by molar-refractivity contribution is -0.385. The van der Waals surface area contributed by atoms with Gasteiger partial charge in [0.2, 0.25) is 0 Å². The minimum absolute atomic E-state index is 0.00965. The summed E-state index contributed by atoms with van der Waals surface area (Å²) in [7, 11) is -3.66. The highest BCUT2D eigenvalue weighted by Crippen LogP contribution is 2.31. The first-order valence-corrected chi connectivity index (χ1v) is 13.5. The molecule has 0 atom stereocenters. The minimum atomic E-state index is -1.83. The summed E-state index contributed by atoms with van der Waals surface area (Å²) in [5.74, 6) is 0. The van der Waals surface area contributed by atoms with Crippen molar-refractivity contribution in [2.45, 2.75) is 12.3 Å². The molecule has 2 aromatic rings. The molecule has 0 fully saturated rings. The number of benzene rings is 2. The molecule has 12 heteroatoms. The van der Waals surface area contributed by atoms with Gasteiger partial charge in [0.1, 0.15) is 0 Å². The smallest absolute Gasteiger partial charge is 0.258 e. The molecule has 10 nitrogen and oxygen atoms in total. The van der Waals surface area contributed by atoms with Gasteiger partial charge in [-0.2, -0.15) is 0 Å². The van der Waals surface area contributed by atoms with E-state index in [2.05, 4.69) is 0 Å². The Morgan fingerprint density at radius 1 is 0.633 bits per heavy atom. The third-order valence-corrected chi connectivity index (χ3v) is 7.10. The quantitative estimate of drug-likeness (QED) is 0.489. The van der Waals surface area contributed by atoms with Gasteiger partial charge in [-0.05, 0) is 35.4 Å². The molecule has 0 spiro atoms. The molecular formula is C18H22N6O4S2. The van der Waals surface area contributed by atoms with Gasteiger partial charge < -0.3 is 0 Å². The Morgan fingerprint density at radius 3 is 1.13 bits per heavy atom. The molecule has 0 unspecified atom stereocenters. The van der Waals surface area contributed by atoms with E-state index in [-0.39, 0.29) is 11.4 Å². The number of hydrogen-bond acceptors (Lipinski definition) is 8.